The molecule has 0 atom stereocenters. The van der Waals surface area contributed by atoms with Gasteiger partial charge in [0.1, 0.15) is 12.4 Å². The van der Waals surface area contributed by atoms with E-state index in [1.54, 1.807) is 0 Å². The Balaban J connectivity index is 1.77. The van der Waals surface area contributed by atoms with Gasteiger partial charge in [-0.05, 0) is 55.0 Å². The van der Waals surface area contributed by atoms with Crippen molar-refractivity contribution in [1.29, 1.82) is 0 Å². The van der Waals surface area contributed by atoms with Crippen molar-refractivity contribution in [1.82, 2.24) is 0 Å². The zero-order valence-electron chi connectivity index (χ0n) is 10.6. The average molecular weight is 341 g/mol. The van der Waals surface area contributed by atoms with Crippen LogP contribution in [0.1, 0.15) is 5.56 Å². The largest absolute Gasteiger partial charge is 0.492 e. The number of hydrogen-bond acceptors (Lipinski definition) is 2. The summed E-state index contributed by atoms with van der Waals surface area (Å²) in [5, 5.41) is 4.06. The summed E-state index contributed by atoms with van der Waals surface area (Å²) in [5.41, 5.74) is 2.11. The van der Waals surface area contributed by atoms with Crippen LogP contribution >= 0.6 is 27.5 Å². The van der Waals surface area contributed by atoms with Gasteiger partial charge in [-0.25, -0.2) is 0 Å². The second kappa shape index (κ2) is 6.83. The van der Waals surface area contributed by atoms with E-state index in [2.05, 4.69) is 21.2 Å². The molecule has 0 unspecified atom stereocenters. The monoisotopic (exact) mass is 339 g/mol. The van der Waals surface area contributed by atoms with Gasteiger partial charge in [-0.15, -0.1) is 0 Å². The zero-order chi connectivity index (χ0) is 13.7. The second-order valence-corrected chi connectivity index (χ2v) is 5.52. The van der Waals surface area contributed by atoms with Gasteiger partial charge < -0.3 is 10.1 Å². The van der Waals surface area contributed by atoms with Crippen LogP contribution in [0.2, 0.25) is 5.02 Å². The van der Waals surface area contributed by atoms with E-state index in [0.29, 0.717) is 6.61 Å². The number of ether oxygens (including phenoxy) is 1. The summed E-state index contributed by atoms with van der Waals surface area (Å²) in [6.07, 6.45) is 0. The number of aryl methyl sites for hydroxylation is 1. The molecule has 0 amide bonds. The Kier molecular flexibility index (Phi) is 5.11. The average Bonchev–Trinajstić information content (AvgIpc) is 2.41. The molecule has 100 valence electrons. The number of benzene rings is 2. The Labute approximate surface area is 126 Å². The first-order valence-corrected chi connectivity index (χ1v) is 7.20. The molecule has 4 heteroatoms. The predicted molar refractivity (Wildman–Crippen MR) is 84.3 cm³/mol. The Bertz CT molecular complexity index is 542. The minimum absolute atomic E-state index is 0.608. The number of hydrogen-bond donors (Lipinski definition) is 1. The summed E-state index contributed by atoms with van der Waals surface area (Å²) < 4.78 is 6.73. The van der Waals surface area contributed by atoms with Crippen LogP contribution < -0.4 is 10.1 Å². The fourth-order valence-electron chi connectivity index (χ4n) is 1.64. The summed E-state index contributed by atoms with van der Waals surface area (Å²) in [4.78, 5) is 0. The molecule has 0 bridgehead atoms. The maximum atomic E-state index is 5.96. The first kappa shape index (κ1) is 14.2. The van der Waals surface area contributed by atoms with Gasteiger partial charge in [-0.2, -0.15) is 0 Å². The molecule has 0 aliphatic carbocycles. The standard InChI is InChI=1S/C15H15BrClNO/c1-11-10-14(6-7-15(11)17)19-9-8-18-13-4-2-12(16)3-5-13/h2-7,10,18H,8-9H2,1H3. The number of nitrogens with one attached hydrogen (secondary N) is 1. The van der Waals surface area contributed by atoms with Crippen LogP contribution in [0.15, 0.2) is 46.9 Å². The molecule has 19 heavy (non-hydrogen) atoms. The third-order valence-corrected chi connectivity index (χ3v) is 3.63. The molecular weight excluding hydrogens is 326 g/mol. The van der Waals surface area contributed by atoms with Crippen LogP contribution in [-0.2, 0) is 0 Å². The molecule has 0 aliphatic rings. The van der Waals surface area contributed by atoms with Crippen LogP contribution in [0.25, 0.3) is 0 Å². The predicted octanol–water partition coefficient (Wildman–Crippen LogP) is 4.90. The lowest BCUT2D eigenvalue weighted by molar-refractivity contribution is 0.332. The second-order valence-electron chi connectivity index (χ2n) is 4.19. The van der Waals surface area contributed by atoms with E-state index >= 15 is 0 Å². The van der Waals surface area contributed by atoms with Gasteiger partial charge in [0.15, 0.2) is 0 Å². The molecule has 0 saturated carbocycles. The molecule has 0 saturated heterocycles. The molecule has 2 aromatic rings. The first-order chi connectivity index (χ1) is 9.15. The Morgan fingerprint density at radius 1 is 1.16 bits per heavy atom. The fourth-order valence-corrected chi connectivity index (χ4v) is 2.02. The first-order valence-electron chi connectivity index (χ1n) is 6.03. The maximum absolute atomic E-state index is 5.96. The van der Waals surface area contributed by atoms with Crippen molar-refractivity contribution < 1.29 is 4.74 Å². The molecule has 2 aromatic carbocycles. The van der Waals surface area contributed by atoms with Crippen molar-refractivity contribution in [3.05, 3.63) is 57.5 Å². The molecule has 0 radical (unpaired) electrons. The topological polar surface area (TPSA) is 21.3 Å². The van der Waals surface area contributed by atoms with Gasteiger partial charge in [0.25, 0.3) is 0 Å². The van der Waals surface area contributed by atoms with Crippen molar-refractivity contribution in [3.8, 4) is 5.75 Å². The Morgan fingerprint density at radius 2 is 1.89 bits per heavy atom. The van der Waals surface area contributed by atoms with Gasteiger partial charge in [0.05, 0.1) is 0 Å². The summed E-state index contributed by atoms with van der Waals surface area (Å²) in [6.45, 7) is 3.33. The highest BCUT2D eigenvalue weighted by molar-refractivity contribution is 9.10. The number of rotatable bonds is 5. The van der Waals surface area contributed by atoms with Crippen LogP contribution in [0, 0.1) is 6.92 Å². The maximum Gasteiger partial charge on any atom is 0.119 e. The van der Waals surface area contributed by atoms with Crippen molar-refractivity contribution in [2.75, 3.05) is 18.5 Å². The van der Waals surface area contributed by atoms with Gasteiger partial charge in [0.2, 0.25) is 0 Å². The lowest BCUT2D eigenvalue weighted by Gasteiger charge is -2.09. The van der Waals surface area contributed by atoms with E-state index in [-0.39, 0.29) is 0 Å². The van der Waals surface area contributed by atoms with Crippen molar-refractivity contribution in [2.45, 2.75) is 6.92 Å². The SMILES string of the molecule is Cc1cc(OCCNc2ccc(Br)cc2)ccc1Cl. The third-order valence-electron chi connectivity index (χ3n) is 2.67. The summed E-state index contributed by atoms with van der Waals surface area (Å²) in [6, 6.07) is 13.7. The minimum atomic E-state index is 0.608. The normalized spacial score (nSPS) is 10.3. The molecule has 0 fully saturated rings. The fraction of sp³-hybridized carbons (Fsp3) is 0.200. The quantitative estimate of drug-likeness (QED) is 0.782. The molecule has 2 rings (SSSR count). The summed E-state index contributed by atoms with van der Waals surface area (Å²) in [7, 11) is 0. The minimum Gasteiger partial charge on any atom is -0.492 e. The van der Waals surface area contributed by atoms with Crippen LogP contribution in [-0.4, -0.2) is 13.2 Å². The van der Waals surface area contributed by atoms with E-state index in [1.807, 2.05) is 49.4 Å². The van der Waals surface area contributed by atoms with Crippen LogP contribution in [0.3, 0.4) is 0 Å². The van der Waals surface area contributed by atoms with Crippen molar-refractivity contribution in [2.24, 2.45) is 0 Å². The van der Waals surface area contributed by atoms with Crippen molar-refractivity contribution in [3.63, 3.8) is 0 Å². The van der Waals surface area contributed by atoms with Crippen molar-refractivity contribution >= 4 is 33.2 Å². The molecule has 0 heterocycles. The van der Waals surface area contributed by atoms with E-state index in [9.17, 15) is 0 Å². The van der Waals surface area contributed by atoms with E-state index < -0.39 is 0 Å². The molecule has 1 N–H and O–H groups in total. The number of halogens is 2. The highest BCUT2D eigenvalue weighted by Crippen LogP contribution is 2.21. The van der Waals surface area contributed by atoms with Gasteiger partial charge in [-0.3, -0.25) is 0 Å². The molecule has 2 nitrogen and oxygen atoms in total. The third kappa shape index (κ3) is 4.44. The van der Waals surface area contributed by atoms with E-state index in [0.717, 1.165) is 33.0 Å². The smallest absolute Gasteiger partial charge is 0.119 e. The van der Waals surface area contributed by atoms with E-state index in [1.165, 1.54) is 0 Å². The molecular formula is C15H15BrClNO. The lowest BCUT2D eigenvalue weighted by atomic mass is 10.2. The Hall–Kier alpha value is -1.19. The highest BCUT2D eigenvalue weighted by Gasteiger charge is 1.98. The summed E-state index contributed by atoms with van der Waals surface area (Å²) >= 11 is 9.37. The van der Waals surface area contributed by atoms with Gasteiger partial charge in [0, 0.05) is 21.7 Å². The van der Waals surface area contributed by atoms with Crippen LogP contribution in [0.4, 0.5) is 5.69 Å². The summed E-state index contributed by atoms with van der Waals surface area (Å²) in [5.74, 6) is 0.847. The molecule has 0 aromatic heterocycles. The van der Waals surface area contributed by atoms with E-state index in [4.69, 9.17) is 16.3 Å². The number of anilines is 1. The lowest BCUT2D eigenvalue weighted by Crippen LogP contribution is -2.11. The van der Waals surface area contributed by atoms with Gasteiger partial charge >= 0.3 is 0 Å². The Morgan fingerprint density at radius 3 is 2.58 bits per heavy atom. The van der Waals surface area contributed by atoms with Gasteiger partial charge in [-0.1, -0.05) is 27.5 Å². The molecule has 0 aliphatic heterocycles. The zero-order valence-corrected chi connectivity index (χ0v) is 13.0. The molecule has 0 spiro atoms. The highest BCUT2D eigenvalue weighted by atomic mass is 79.9. The van der Waals surface area contributed by atoms with Crippen LogP contribution in [0.5, 0.6) is 5.75 Å².